The van der Waals surface area contributed by atoms with E-state index in [-0.39, 0.29) is 41.0 Å². The summed E-state index contributed by atoms with van der Waals surface area (Å²) in [6.45, 7) is 5.89. The number of nitrogens with zero attached hydrogens (tertiary/aromatic N) is 3. The molecule has 1 aromatic heterocycles. The van der Waals surface area contributed by atoms with E-state index >= 15 is 4.39 Å². The molecule has 2 fully saturated rings. The van der Waals surface area contributed by atoms with Crippen LogP contribution in [0.1, 0.15) is 46.1 Å². The molecule has 2 heterocycles. The Bertz CT molecular complexity index is 1310. The first-order valence-electron chi connectivity index (χ1n) is 11.2. The molecule has 1 aliphatic carbocycles. The molecule has 12 nitrogen and oxygen atoms in total. The number of anilines is 1. The lowest BCUT2D eigenvalue weighted by molar-refractivity contribution is 0.0509. The van der Waals surface area contributed by atoms with Crippen LogP contribution in [0.15, 0.2) is 15.7 Å². The first-order valence-corrected chi connectivity index (χ1v) is 11.2. The lowest BCUT2D eigenvalue weighted by Crippen LogP contribution is -2.46. The molecule has 35 heavy (non-hydrogen) atoms. The Balaban J connectivity index is 1.77. The summed E-state index contributed by atoms with van der Waals surface area (Å²) in [4.78, 5) is 50.9. The molecular formula is C22H28FN5O7. The minimum atomic E-state index is -1.60. The standard InChI is InChI=1S/C22H28FN5O7/c1-22(2,3)35-20(32)24-11-7-8-26(10-11)17-14(34-4)9-13-16(15(17)23)27(12-5-6-12)21(33)28(18(13)29)25-19(30)31/h9,11-12,25H,5-8,10H2,1-4H3,(H,24,32)(H,30,31). The number of hydrogen-bond donors (Lipinski definition) is 3. The van der Waals surface area contributed by atoms with Gasteiger partial charge in [0, 0.05) is 19.1 Å². The molecule has 0 bridgehead atoms. The Morgan fingerprint density at radius 2 is 1.89 bits per heavy atom. The van der Waals surface area contributed by atoms with E-state index in [1.807, 2.05) is 0 Å². The zero-order valence-electron chi connectivity index (χ0n) is 19.9. The van der Waals surface area contributed by atoms with Crippen molar-refractivity contribution >= 4 is 28.8 Å². The molecule has 1 atom stereocenters. The largest absolute Gasteiger partial charge is 0.494 e. The first-order chi connectivity index (χ1) is 16.4. The summed E-state index contributed by atoms with van der Waals surface area (Å²) in [5, 5.41) is 11.6. The van der Waals surface area contributed by atoms with Crippen molar-refractivity contribution in [1.29, 1.82) is 0 Å². The Hall–Kier alpha value is -3.77. The molecule has 13 heteroatoms. The molecular weight excluding hydrogens is 465 g/mol. The highest BCUT2D eigenvalue weighted by Crippen LogP contribution is 2.41. The van der Waals surface area contributed by atoms with Crippen molar-refractivity contribution in [2.24, 2.45) is 0 Å². The summed E-state index contributed by atoms with van der Waals surface area (Å²) in [6.07, 6.45) is -0.487. The third-order valence-corrected chi connectivity index (χ3v) is 5.82. The van der Waals surface area contributed by atoms with Gasteiger partial charge >= 0.3 is 17.9 Å². The van der Waals surface area contributed by atoms with Crippen LogP contribution in [-0.2, 0) is 4.74 Å². The van der Waals surface area contributed by atoms with Gasteiger partial charge in [-0.05, 0) is 46.1 Å². The Morgan fingerprint density at radius 1 is 1.20 bits per heavy atom. The van der Waals surface area contributed by atoms with Crippen molar-refractivity contribution in [3.8, 4) is 5.75 Å². The molecule has 190 valence electrons. The number of rotatable bonds is 5. The van der Waals surface area contributed by atoms with E-state index in [1.54, 1.807) is 31.1 Å². The number of carbonyl (C=O) groups is 2. The molecule has 4 rings (SSSR count). The topological polar surface area (TPSA) is 144 Å². The quantitative estimate of drug-likeness (QED) is 0.574. The Morgan fingerprint density at radius 3 is 2.46 bits per heavy atom. The van der Waals surface area contributed by atoms with Gasteiger partial charge in [-0.25, -0.2) is 24.2 Å². The lowest BCUT2D eigenvalue weighted by Gasteiger charge is -2.25. The maximum absolute atomic E-state index is 16.1. The molecule has 1 aliphatic heterocycles. The predicted octanol–water partition coefficient (Wildman–Crippen LogP) is 1.97. The van der Waals surface area contributed by atoms with Gasteiger partial charge in [0.05, 0.1) is 24.1 Å². The fourth-order valence-electron chi connectivity index (χ4n) is 4.29. The molecule has 3 N–H and O–H groups in total. The van der Waals surface area contributed by atoms with Gasteiger partial charge in [-0.15, -0.1) is 0 Å². The molecule has 2 aliphatic rings. The van der Waals surface area contributed by atoms with Crippen LogP contribution in [0.3, 0.4) is 0 Å². The number of fused-ring (bicyclic) bond motifs is 1. The number of aromatic nitrogens is 2. The monoisotopic (exact) mass is 493 g/mol. The van der Waals surface area contributed by atoms with Crippen LogP contribution in [-0.4, -0.2) is 58.4 Å². The smallest absolute Gasteiger partial charge is 0.424 e. The summed E-state index contributed by atoms with van der Waals surface area (Å²) in [5.41, 5.74) is -0.985. The highest BCUT2D eigenvalue weighted by molar-refractivity contribution is 5.87. The molecule has 0 spiro atoms. The van der Waals surface area contributed by atoms with Gasteiger partial charge in [0.2, 0.25) is 0 Å². The number of carbonyl (C=O) groups excluding carboxylic acids is 1. The number of hydrogen-bond acceptors (Lipinski definition) is 7. The van der Waals surface area contributed by atoms with Gasteiger partial charge in [0.1, 0.15) is 17.0 Å². The van der Waals surface area contributed by atoms with Gasteiger partial charge in [-0.1, -0.05) is 0 Å². The maximum atomic E-state index is 16.1. The molecule has 1 saturated heterocycles. The molecule has 2 aromatic rings. The Labute approximate surface area is 199 Å². The zero-order valence-corrected chi connectivity index (χ0v) is 19.9. The summed E-state index contributed by atoms with van der Waals surface area (Å²) in [7, 11) is 1.32. The second-order valence-corrected chi connectivity index (χ2v) is 9.66. The maximum Gasteiger partial charge on any atom is 0.424 e. The van der Waals surface area contributed by atoms with Crippen molar-refractivity contribution in [3.63, 3.8) is 0 Å². The van der Waals surface area contributed by atoms with Gasteiger partial charge in [0.25, 0.3) is 5.56 Å². The highest BCUT2D eigenvalue weighted by atomic mass is 19.1. The van der Waals surface area contributed by atoms with Crippen LogP contribution in [0.2, 0.25) is 0 Å². The number of amides is 2. The van der Waals surface area contributed by atoms with Crippen molar-refractivity contribution in [2.45, 2.75) is 57.7 Å². The second kappa shape index (κ2) is 8.78. The average molecular weight is 493 g/mol. The summed E-state index contributed by atoms with van der Waals surface area (Å²) >= 11 is 0. The van der Waals surface area contributed by atoms with E-state index in [1.165, 1.54) is 13.2 Å². The summed E-state index contributed by atoms with van der Waals surface area (Å²) in [5.74, 6) is -0.770. The van der Waals surface area contributed by atoms with Crippen LogP contribution in [0.5, 0.6) is 5.75 Å². The molecule has 1 saturated carbocycles. The second-order valence-electron chi connectivity index (χ2n) is 9.66. The van der Waals surface area contributed by atoms with E-state index in [2.05, 4.69) is 5.32 Å². The molecule has 2 amide bonds. The number of ether oxygens (including phenoxy) is 2. The van der Waals surface area contributed by atoms with Crippen LogP contribution >= 0.6 is 0 Å². The van der Waals surface area contributed by atoms with E-state index in [4.69, 9.17) is 14.6 Å². The van der Waals surface area contributed by atoms with Gasteiger partial charge in [-0.2, -0.15) is 4.68 Å². The first kappa shape index (κ1) is 24.4. The highest BCUT2D eigenvalue weighted by Gasteiger charge is 2.35. The number of alkyl carbamates (subject to hydrolysis) is 1. The van der Waals surface area contributed by atoms with Crippen molar-refractivity contribution in [3.05, 3.63) is 32.7 Å². The van der Waals surface area contributed by atoms with Crippen molar-refractivity contribution < 1.29 is 28.6 Å². The fourth-order valence-corrected chi connectivity index (χ4v) is 4.29. The van der Waals surface area contributed by atoms with E-state index in [0.717, 1.165) is 4.57 Å². The lowest BCUT2D eigenvalue weighted by atomic mass is 10.1. The fraction of sp³-hybridized carbons (Fsp3) is 0.545. The summed E-state index contributed by atoms with van der Waals surface area (Å²) in [6, 6.07) is 0.634. The Kier molecular flexibility index (Phi) is 6.11. The zero-order chi connectivity index (χ0) is 25.7. The van der Waals surface area contributed by atoms with E-state index in [9.17, 15) is 19.2 Å². The van der Waals surface area contributed by atoms with Gasteiger partial charge in [-0.3, -0.25) is 9.36 Å². The third kappa shape index (κ3) is 4.75. The average Bonchev–Trinajstić information content (AvgIpc) is 3.48. The van der Waals surface area contributed by atoms with Crippen molar-refractivity contribution in [1.82, 2.24) is 14.6 Å². The minimum absolute atomic E-state index is 0.0490. The van der Waals surface area contributed by atoms with Crippen LogP contribution in [0, 0.1) is 5.82 Å². The van der Waals surface area contributed by atoms with E-state index in [0.29, 0.717) is 30.5 Å². The SMILES string of the molecule is COc1cc2c(=O)n(NC(=O)O)c(=O)n(C3CC3)c2c(F)c1N1CCC(NC(=O)OC(C)(C)C)C1. The number of methoxy groups -OCH3 is 1. The van der Waals surface area contributed by atoms with Crippen LogP contribution in [0.4, 0.5) is 19.7 Å². The number of nitrogens with one attached hydrogen (secondary N) is 2. The predicted molar refractivity (Wildman–Crippen MR) is 125 cm³/mol. The molecule has 1 unspecified atom stereocenters. The number of halogens is 1. The minimum Gasteiger partial charge on any atom is -0.494 e. The van der Waals surface area contributed by atoms with Gasteiger partial charge < -0.3 is 24.8 Å². The molecule has 0 radical (unpaired) electrons. The van der Waals surface area contributed by atoms with Crippen LogP contribution < -0.4 is 31.6 Å². The normalized spacial score (nSPS) is 18.0. The van der Waals surface area contributed by atoms with E-state index < -0.39 is 34.9 Å². The van der Waals surface area contributed by atoms with Gasteiger partial charge in [0.15, 0.2) is 5.82 Å². The number of benzene rings is 1. The number of carboxylic acid groups (broad SMARTS) is 1. The van der Waals surface area contributed by atoms with Crippen molar-refractivity contribution in [2.75, 3.05) is 30.5 Å². The molecule has 1 aromatic carbocycles. The summed E-state index contributed by atoms with van der Waals surface area (Å²) < 4.78 is 28.3. The van der Waals surface area contributed by atoms with Crippen LogP contribution in [0.25, 0.3) is 10.9 Å². The third-order valence-electron chi connectivity index (χ3n) is 5.82.